The van der Waals surface area contributed by atoms with Crippen molar-refractivity contribution in [1.82, 2.24) is 0 Å². The van der Waals surface area contributed by atoms with Crippen LogP contribution in [0.1, 0.15) is 70.3 Å². The fourth-order valence-electron chi connectivity index (χ4n) is 9.03. The van der Waals surface area contributed by atoms with E-state index in [2.05, 4.69) is 6.92 Å². The van der Waals surface area contributed by atoms with E-state index in [9.17, 15) is 35.1 Å². The lowest BCUT2D eigenvalue weighted by Crippen LogP contribution is -2.63. The van der Waals surface area contributed by atoms with Gasteiger partial charge in [0.05, 0.1) is 24.6 Å². The number of hydrogen-bond acceptors (Lipinski definition) is 10. The predicted molar refractivity (Wildman–Crippen MR) is 140 cm³/mol. The first kappa shape index (κ1) is 28.2. The van der Waals surface area contributed by atoms with Crippen LogP contribution < -0.4 is 5.63 Å². The van der Waals surface area contributed by atoms with Crippen LogP contribution >= 0.6 is 0 Å². The van der Waals surface area contributed by atoms with Crippen LogP contribution in [0.3, 0.4) is 0 Å². The lowest BCUT2D eigenvalue weighted by molar-refractivity contribution is -0.308. The highest BCUT2D eigenvalue weighted by molar-refractivity contribution is 5.85. The molecule has 0 amide bonds. The Labute approximate surface area is 232 Å². The van der Waals surface area contributed by atoms with E-state index < -0.39 is 65.5 Å². The number of carbonyl (C=O) groups excluding carboxylic acids is 1. The van der Waals surface area contributed by atoms with E-state index >= 15 is 0 Å². The maximum Gasteiger partial charge on any atom is 0.335 e. The molecule has 220 valence electrons. The van der Waals surface area contributed by atoms with Crippen LogP contribution in [-0.4, -0.2) is 80.3 Å². The summed E-state index contributed by atoms with van der Waals surface area (Å²) < 4.78 is 16.7. The monoisotopic (exact) mass is 560 g/mol. The molecule has 0 radical (unpaired) electrons. The minimum absolute atomic E-state index is 0.0841. The fraction of sp³-hybridized carbons (Fsp3) is 0.733. The van der Waals surface area contributed by atoms with Crippen LogP contribution in [0.4, 0.5) is 0 Å². The standard InChI is InChI=1S/C30H40O10/c1-28-9-7-17(39-27-26(36)25(35)24(34)21(13-31)40-27)11-16(28)4-5-19-23(28)20(32)12-29(2)18(8-10-30(19,29)37)15-3-6-22(33)38-14-15/h3,6,11,14,17-19,21,23-27,31,34-37H,4-5,7-10,12-13H2,1-2H3/t17-,18+,19+,21+,23+,24+,25-,26+,27+,28-,29+,30-/m0/s1. The van der Waals surface area contributed by atoms with E-state index in [1.165, 1.54) is 12.3 Å². The van der Waals surface area contributed by atoms with Crippen molar-refractivity contribution >= 4 is 5.78 Å². The number of aliphatic hydroxyl groups is 5. The van der Waals surface area contributed by atoms with Gasteiger partial charge >= 0.3 is 5.63 Å². The van der Waals surface area contributed by atoms with Gasteiger partial charge in [-0.3, -0.25) is 4.79 Å². The number of fused-ring (bicyclic) bond motifs is 5. The van der Waals surface area contributed by atoms with E-state index in [-0.39, 0.29) is 30.0 Å². The average molecular weight is 561 g/mol. The summed E-state index contributed by atoms with van der Waals surface area (Å²) in [5, 5.41) is 52.5. The summed E-state index contributed by atoms with van der Waals surface area (Å²) in [6, 6.07) is 3.15. The van der Waals surface area contributed by atoms with Gasteiger partial charge in [0, 0.05) is 23.8 Å². The summed E-state index contributed by atoms with van der Waals surface area (Å²) in [5.41, 5.74) is -0.611. The highest BCUT2D eigenvalue weighted by atomic mass is 16.7. The van der Waals surface area contributed by atoms with Gasteiger partial charge in [-0.15, -0.1) is 0 Å². The maximum atomic E-state index is 14.0. The van der Waals surface area contributed by atoms with Crippen molar-refractivity contribution < 1.29 is 44.2 Å². The van der Waals surface area contributed by atoms with Crippen molar-refractivity contribution in [3.63, 3.8) is 0 Å². The van der Waals surface area contributed by atoms with E-state index in [4.69, 9.17) is 13.9 Å². The van der Waals surface area contributed by atoms with Crippen molar-refractivity contribution in [3.8, 4) is 0 Å². The SMILES string of the molecule is C[C@]12CC[C@H](O[C@@H]3O[C@H](CO)[C@@H](O)[C@H](O)[C@H]3O)C=C1CC[C@@H]1[C@@H]2C(=O)C[C@]2(C)[C@@H](c3ccc(=O)oc3)CC[C@]12O. The van der Waals surface area contributed by atoms with Gasteiger partial charge in [-0.2, -0.15) is 0 Å². The van der Waals surface area contributed by atoms with Crippen LogP contribution in [0.25, 0.3) is 0 Å². The molecule has 0 aromatic carbocycles. The molecule has 1 saturated heterocycles. The Balaban J connectivity index is 1.24. The van der Waals surface area contributed by atoms with E-state index in [0.29, 0.717) is 38.5 Å². The normalized spacial score (nSPS) is 48.6. The predicted octanol–water partition coefficient (Wildman–Crippen LogP) is 1.17. The Kier molecular flexibility index (Phi) is 6.93. The van der Waals surface area contributed by atoms with Crippen molar-refractivity contribution in [3.05, 3.63) is 46.0 Å². The van der Waals surface area contributed by atoms with E-state index in [0.717, 1.165) is 11.1 Å². The van der Waals surface area contributed by atoms with Crippen molar-refractivity contribution in [2.75, 3.05) is 6.61 Å². The van der Waals surface area contributed by atoms with Crippen LogP contribution in [0, 0.1) is 22.7 Å². The topological polar surface area (TPSA) is 167 Å². The Bertz CT molecular complexity index is 1220. The van der Waals surface area contributed by atoms with Crippen molar-refractivity contribution in [1.29, 1.82) is 0 Å². The lowest BCUT2D eigenvalue weighted by atomic mass is 9.44. The fourth-order valence-corrected chi connectivity index (χ4v) is 9.03. The number of rotatable bonds is 4. The molecule has 5 aliphatic rings. The first-order chi connectivity index (χ1) is 18.9. The van der Waals surface area contributed by atoms with Gasteiger partial charge in [0.1, 0.15) is 30.2 Å². The van der Waals surface area contributed by atoms with Crippen molar-refractivity contribution in [2.45, 2.75) is 107 Å². The molecular weight excluding hydrogens is 520 g/mol. The molecule has 2 heterocycles. The van der Waals surface area contributed by atoms with Crippen LogP contribution in [0.2, 0.25) is 0 Å². The molecule has 0 unspecified atom stereocenters. The van der Waals surface area contributed by atoms with Gasteiger partial charge in [-0.05, 0) is 67.4 Å². The zero-order chi connectivity index (χ0) is 28.6. The number of hydrogen-bond donors (Lipinski definition) is 5. The number of allylic oxidation sites excluding steroid dienone is 1. The van der Waals surface area contributed by atoms with Gasteiger partial charge < -0.3 is 39.4 Å². The Hall–Kier alpha value is -1.92. The summed E-state index contributed by atoms with van der Waals surface area (Å²) in [6.45, 7) is 3.60. The van der Waals surface area contributed by atoms with Crippen LogP contribution in [-0.2, 0) is 14.3 Å². The van der Waals surface area contributed by atoms with E-state index in [1.807, 2.05) is 13.0 Å². The zero-order valence-corrected chi connectivity index (χ0v) is 22.9. The maximum absolute atomic E-state index is 14.0. The molecule has 1 aliphatic heterocycles. The number of aliphatic hydroxyl groups excluding tert-OH is 4. The summed E-state index contributed by atoms with van der Waals surface area (Å²) in [7, 11) is 0. The second-order valence-corrected chi connectivity index (χ2v) is 13.1. The Morgan fingerprint density at radius 1 is 1.02 bits per heavy atom. The van der Waals surface area contributed by atoms with Crippen molar-refractivity contribution in [2.24, 2.45) is 22.7 Å². The molecule has 6 rings (SSSR count). The van der Waals surface area contributed by atoms with Crippen LogP contribution in [0.5, 0.6) is 0 Å². The van der Waals surface area contributed by atoms with Gasteiger partial charge in [-0.25, -0.2) is 4.79 Å². The molecule has 4 fully saturated rings. The molecule has 10 nitrogen and oxygen atoms in total. The van der Waals surface area contributed by atoms with Crippen LogP contribution in [0.15, 0.2) is 39.3 Å². The van der Waals surface area contributed by atoms with E-state index in [1.54, 1.807) is 6.07 Å². The molecule has 1 aromatic heterocycles. The molecule has 0 spiro atoms. The third-order valence-electron chi connectivity index (χ3n) is 11.2. The third-order valence-corrected chi connectivity index (χ3v) is 11.2. The summed E-state index contributed by atoms with van der Waals surface area (Å²) in [6.07, 6.45) is 0.445. The average Bonchev–Trinajstić information content (AvgIpc) is 3.20. The zero-order valence-electron chi connectivity index (χ0n) is 22.9. The van der Waals surface area contributed by atoms with Gasteiger partial charge in [0.15, 0.2) is 6.29 Å². The largest absolute Gasteiger partial charge is 0.431 e. The Morgan fingerprint density at radius 2 is 1.80 bits per heavy atom. The molecular formula is C30H40O10. The molecule has 10 heteroatoms. The first-order valence-electron chi connectivity index (χ1n) is 14.4. The molecule has 4 aliphatic carbocycles. The first-order valence-corrected chi connectivity index (χ1v) is 14.4. The second-order valence-electron chi connectivity index (χ2n) is 13.1. The number of ketones is 1. The smallest absolute Gasteiger partial charge is 0.335 e. The molecule has 5 N–H and O–H groups in total. The minimum atomic E-state index is -1.51. The Morgan fingerprint density at radius 3 is 2.50 bits per heavy atom. The third kappa shape index (κ3) is 4.02. The second kappa shape index (κ2) is 9.83. The molecule has 1 aromatic rings. The van der Waals surface area contributed by atoms with Gasteiger partial charge in [0.2, 0.25) is 0 Å². The van der Waals surface area contributed by atoms with Gasteiger partial charge in [-0.1, -0.05) is 25.5 Å². The highest BCUT2D eigenvalue weighted by Crippen LogP contribution is 2.69. The number of carbonyl (C=O) groups is 1. The number of ether oxygens (including phenoxy) is 2. The molecule has 40 heavy (non-hydrogen) atoms. The number of Topliss-reactive ketones (excluding diaryl/α,β-unsaturated/α-hetero) is 1. The molecule has 12 atom stereocenters. The molecule has 0 bridgehead atoms. The summed E-state index contributed by atoms with van der Waals surface area (Å²) >= 11 is 0. The lowest BCUT2D eigenvalue weighted by Gasteiger charge is -2.60. The summed E-state index contributed by atoms with van der Waals surface area (Å²) in [5.74, 6) is -0.446. The highest BCUT2D eigenvalue weighted by Gasteiger charge is 2.69. The quantitative estimate of drug-likeness (QED) is 0.337. The van der Waals surface area contributed by atoms with Gasteiger partial charge in [0.25, 0.3) is 0 Å². The summed E-state index contributed by atoms with van der Waals surface area (Å²) in [4.78, 5) is 25.6. The molecule has 3 saturated carbocycles. The minimum Gasteiger partial charge on any atom is -0.431 e.